The van der Waals surface area contributed by atoms with E-state index in [1.807, 2.05) is 0 Å². The number of phosphoric ester groups is 2. The van der Waals surface area contributed by atoms with E-state index in [1.54, 1.807) is 0 Å². The minimum Gasteiger partial charge on any atom is -0.387 e. The summed E-state index contributed by atoms with van der Waals surface area (Å²) < 4.78 is 61.7. The Balaban J connectivity index is 0.00000208. The first-order chi connectivity index (χ1) is 20.9. The molecule has 0 aromatic carbocycles. The predicted molar refractivity (Wildman–Crippen MR) is 152 cm³/mol. The van der Waals surface area contributed by atoms with Crippen LogP contribution < -0.4 is 29.3 Å². The molecule has 0 spiro atoms. The van der Waals surface area contributed by atoms with Crippen LogP contribution in [0.4, 0.5) is 11.8 Å². The number of aliphatic hydroxyl groups is 1. The third kappa shape index (κ3) is 6.02. The third-order valence-corrected chi connectivity index (χ3v) is 9.24. The minimum atomic E-state index is -5.01. The number of nitrogen functional groups attached to an aromatic ring is 2. The van der Waals surface area contributed by atoms with E-state index in [0.717, 1.165) is 10.9 Å². The number of hydrogen-bond donors (Lipinski definition) is 8. The van der Waals surface area contributed by atoms with E-state index < -0.39 is 77.4 Å². The molecule has 2 unspecified atom stereocenters. The zero-order chi connectivity index (χ0) is 31.0. The van der Waals surface area contributed by atoms with Crippen molar-refractivity contribution in [3.8, 4) is 0 Å². The number of aliphatic hydroxyl groups excluding tert-OH is 1. The van der Waals surface area contributed by atoms with E-state index in [9.17, 15) is 28.8 Å². The molecule has 3 aliphatic heterocycles. The van der Waals surface area contributed by atoms with Crippen molar-refractivity contribution in [2.45, 2.75) is 49.4 Å². The molecule has 26 heteroatoms. The van der Waals surface area contributed by atoms with Crippen LogP contribution in [0.2, 0.25) is 0 Å². The Morgan fingerprint density at radius 3 is 2.30 bits per heavy atom. The smallest absolute Gasteiger partial charge is 0.387 e. The number of rotatable bonds is 2. The van der Waals surface area contributed by atoms with Crippen molar-refractivity contribution >= 4 is 49.7 Å². The summed E-state index contributed by atoms with van der Waals surface area (Å²) in [6, 6.07) is 0. The van der Waals surface area contributed by atoms with Crippen LogP contribution >= 0.6 is 15.6 Å². The van der Waals surface area contributed by atoms with Gasteiger partial charge in [-0.25, -0.2) is 29.1 Å². The second kappa shape index (κ2) is 12.3. The summed E-state index contributed by atoms with van der Waals surface area (Å²) >= 11 is 0. The van der Waals surface area contributed by atoms with Crippen LogP contribution in [0.25, 0.3) is 22.3 Å². The van der Waals surface area contributed by atoms with Crippen molar-refractivity contribution in [1.82, 2.24) is 51.3 Å². The van der Waals surface area contributed by atoms with Crippen molar-refractivity contribution in [2.75, 3.05) is 24.7 Å². The molecule has 0 aliphatic carbocycles. The SMILES string of the molecule is N.N.Nc1nc2c(ncn2[C@@H]2O[C@@H]3COP(=O)(O)O[C@H]4C[C@H](n5cnc6c(N)ncnc65)O[C@@H]4COP(=O)(O)O[C@@H]2[C@@H]3O)c(=O)[nH]1. The normalized spacial score (nSPS) is 35.0. The van der Waals surface area contributed by atoms with Crippen molar-refractivity contribution < 1.29 is 51.6 Å². The predicted octanol–water partition coefficient (Wildman–Crippen LogP) is -0.988. The van der Waals surface area contributed by atoms with Crippen LogP contribution in [0.5, 0.6) is 0 Å². The molecule has 0 saturated carbocycles. The molecule has 7 heterocycles. The number of nitrogens with zero attached hydrogens (tertiary/aromatic N) is 7. The standard InChI is InChI=1S/C20H24N10O12P2.2H3N/c21-15-11-16(24-4-23-15)29(5-25-11)10-1-7-8(39-10)2-37-44(35,36)42-14-13(31)9(3-38-43(33,34)41-7)40-19(14)30-6-26-12-17(30)27-20(22)28-18(12)32;;/h4-10,13-14,19,31H,1-3H2,(H,33,34)(H,35,36)(H2,21,23,24)(H3,22,27,28,32);2*1H3/t7-,8+,9+,10+,13+,14+,19+;;/m0../s1. The maximum atomic E-state index is 13.2. The second-order valence-electron chi connectivity index (χ2n) is 10.0. The molecule has 0 radical (unpaired) electrons. The number of phosphoric acid groups is 2. The first kappa shape index (κ1) is 33.9. The molecule has 252 valence electrons. The van der Waals surface area contributed by atoms with Gasteiger partial charge in [-0.1, -0.05) is 0 Å². The molecular weight excluding hydrogens is 662 g/mol. The van der Waals surface area contributed by atoms with E-state index in [0.29, 0.717) is 5.65 Å². The summed E-state index contributed by atoms with van der Waals surface area (Å²) in [5.41, 5.74) is 11.2. The Morgan fingerprint density at radius 2 is 1.54 bits per heavy atom. The van der Waals surface area contributed by atoms with Gasteiger partial charge in [0.2, 0.25) is 5.95 Å². The van der Waals surface area contributed by atoms with Crippen LogP contribution in [0.1, 0.15) is 18.9 Å². The maximum Gasteiger partial charge on any atom is 0.472 e. The Kier molecular flexibility index (Phi) is 9.04. The van der Waals surface area contributed by atoms with E-state index in [-0.39, 0.29) is 47.2 Å². The lowest BCUT2D eigenvalue weighted by atomic mass is 10.1. The van der Waals surface area contributed by atoms with Crippen molar-refractivity contribution in [1.29, 1.82) is 0 Å². The van der Waals surface area contributed by atoms with Crippen molar-refractivity contribution in [2.24, 2.45) is 0 Å². The third-order valence-electron chi connectivity index (χ3n) is 7.24. The topological polar surface area (TPSA) is 379 Å². The largest absolute Gasteiger partial charge is 0.472 e. The highest BCUT2D eigenvalue weighted by molar-refractivity contribution is 7.47. The number of H-pyrrole nitrogens is 1. The molecule has 9 atom stereocenters. The van der Waals surface area contributed by atoms with Gasteiger partial charge in [0.1, 0.15) is 48.6 Å². The summed E-state index contributed by atoms with van der Waals surface area (Å²) in [5.74, 6) is -0.145. The molecule has 3 saturated heterocycles. The molecule has 3 fully saturated rings. The quantitative estimate of drug-likeness (QED) is 0.117. The molecular formula is C20H30N12O12P2. The Labute approximate surface area is 256 Å². The van der Waals surface area contributed by atoms with E-state index in [1.165, 1.54) is 17.2 Å². The number of fused-ring (bicyclic) bond motifs is 5. The van der Waals surface area contributed by atoms with Gasteiger partial charge < -0.3 is 48.1 Å². The Morgan fingerprint density at radius 1 is 0.870 bits per heavy atom. The molecule has 46 heavy (non-hydrogen) atoms. The number of nitrogens with one attached hydrogen (secondary N) is 1. The van der Waals surface area contributed by atoms with Crippen molar-refractivity contribution in [3.63, 3.8) is 0 Å². The number of aromatic nitrogens is 8. The lowest BCUT2D eigenvalue weighted by Crippen LogP contribution is -2.35. The number of imidazole rings is 2. The highest BCUT2D eigenvalue weighted by atomic mass is 31.2. The number of aromatic amines is 1. The molecule has 4 aromatic heterocycles. The number of hydrogen-bond acceptors (Lipinski definition) is 19. The molecule has 7 rings (SSSR count). The fourth-order valence-corrected chi connectivity index (χ4v) is 7.15. The number of anilines is 2. The summed E-state index contributed by atoms with van der Waals surface area (Å²) in [6.45, 7) is -1.40. The van der Waals surface area contributed by atoms with E-state index >= 15 is 0 Å². The van der Waals surface area contributed by atoms with Crippen molar-refractivity contribution in [3.05, 3.63) is 29.3 Å². The zero-order valence-corrected chi connectivity index (χ0v) is 25.3. The highest BCUT2D eigenvalue weighted by Gasteiger charge is 2.52. The van der Waals surface area contributed by atoms with Gasteiger partial charge >= 0.3 is 15.6 Å². The zero-order valence-electron chi connectivity index (χ0n) is 23.5. The second-order valence-corrected chi connectivity index (χ2v) is 12.8. The lowest BCUT2D eigenvalue weighted by molar-refractivity contribution is -0.0670. The van der Waals surface area contributed by atoms with Crippen LogP contribution in [0.3, 0.4) is 0 Å². The number of ether oxygens (including phenoxy) is 2. The number of nitrogens with two attached hydrogens (primary N) is 2. The fraction of sp³-hybridized carbons (Fsp3) is 0.500. The molecule has 4 aromatic rings. The summed E-state index contributed by atoms with van der Waals surface area (Å²) in [4.78, 5) is 56.0. The molecule has 3 aliphatic rings. The summed E-state index contributed by atoms with van der Waals surface area (Å²) in [7, 11) is -9.88. The van der Waals surface area contributed by atoms with Gasteiger partial charge in [-0.2, -0.15) is 4.98 Å². The van der Waals surface area contributed by atoms with Gasteiger partial charge in [0.15, 0.2) is 28.9 Å². The first-order valence-corrected chi connectivity index (χ1v) is 15.8. The van der Waals surface area contributed by atoms with Gasteiger partial charge in [0, 0.05) is 6.42 Å². The van der Waals surface area contributed by atoms with Crippen LogP contribution in [-0.2, 0) is 36.7 Å². The van der Waals surface area contributed by atoms with Gasteiger partial charge in [-0.3, -0.25) is 37.0 Å². The lowest BCUT2D eigenvalue weighted by Gasteiger charge is -2.25. The van der Waals surface area contributed by atoms with Gasteiger partial charge in [0.25, 0.3) is 5.56 Å². The van der Waals surface area contributed by atoms with Crippen LogP contribution in [0.15, 0.2) is 23.8 Å². The molecule has 24 nitrogen and oxygen atoms in total. The molecule has 0 amide bonds. The summed E-state index contributed by atoms with van der Waals surface area (Å²) in [6.07, 6.45) is -5.86. The average molecular weight is 692 g/mol. The monoisotopic (exact) mass is 692 g/mol. The van der Waals surface area contributed by atoms with E-state index in [2.05, 4.69) is 29.9 Å². The maximum absolute atomic E-state index is 13.2. The summed E-state index contributed by atoms with van der Waals surface area (Å²) in [5, 5.41) is 11.0. The fourth-order valence-electron chi connectivity index (χ4n) is 5.26. The van der Waals surface area contributed by atoms with E-state index in [4.69, 9.17) is 39.0 Å². The first-order valence-electron chi connectivity index (χ1n) is 12.8. The average Bonchev–Trinajstić information content (AvgIpc) is 3.72. The highest BCUT2D eigenvalue weighted by Crippen LogP contribution is 2.53. The van der Waals surface area contributed by atoms with Gasteiger partial charge in [0.05, 0.1) is 25.9 Å². The molecule has 2 bridgehead atoms. The van der Waals surface area contributed by atoms with Gasteiger partial charge in [-0.15, -0.1) is 0 Å². The Hall–Kier alpha value is -3.48. The Bertz CT molecular complexity index is 1900. The molecule has 14 N–H and O–H groups in total. The van der Waals surface area contributed by atoms with Crippen LogP contribution in [0, 0.1) is 0 Å². The van der Waals surface area contributed by atoms with Gasteiger partial charge in [-0.05, 0) is 0 Å². The van der Waals surface area contributed by atoms with Crippen LogP contribution in [-0.4, -0.2) is 97.7 Å². The minimum absolute atomic E-state index is 0.